The van der Waals surface area contributed by atoms with Crippen molar-refractivity contribution in [2.75, 3.05) is 5.32 Å². The van der Waals surface area contributed by atoms with Gasteiger partial charge in [-0.15, -0.1) is 0 Å². The largest absolute Gasteiger partial charge is 0.364 e. The SMILES string of the molecule is Cc1ccc([N+](=O)[O-])cc1NC(=O)C(C)OCc1ccccc1. The molecular formula is C17H18N2O4. The molecule has 0 saturated carbocycles. The van der Waals surface area contributed by atoms with E-state index in [9.17, 15) is 14.9 Å². The third kappa shape index (κ3) is 4.62. The lowest BCUT2D eigenvalue weighted by molar-refractivity contribution is -0.384. The predicted molar refractivity (Wildman–Crippen MR) is 87.2 cm³/mol. The Morgan fingerprint density at radius 2 is 1.96 bits per heavy atom. The Morgan fingerprint density at radius 3 is 2.61 bits per heavy atom. The number of carbonyl (C=O) groups excluding carboxylic acids is 1. The van der Waals surface area contributed by atoms with E-state index in [2.05, 4.69) is 5.32 Å². The first-order chi connectivity index (χ1) is 11.0. The summed E-state index contributed by atoms with van der Waals surface area (Å²) in [4.78, 5) is 22.5. The standard InChI is InChI=1S/C17H18N2O4/c1-12-8-9-15(19(21)22)10-16(12)18-17(20)13(2)23-11-14-6-4-3-5-7-14/h3-10,13H,11H2,1-2H3,(H,18,20). The first-order valence-corrected chi connectivity index (χ1v) is 7.19. The van der Waals surface area contributed by atoms with Crippen LogP contribution < -0.4 is 5.32 Å². The minimum atomic E-state index is -0.672. The summed E-state index contributed by atoms with van der Waals surface area (Å²) in [7, 11) is 0. The van der Waals surface area contributed by atoms with Crippen LogP contribution in [0.15, 0.2) is 48.5 Å². The maximum atomic E-state index is 12.2. The summed E-state index contributed by atoms with van der Waals surface area (Å²) >= 11 is 0. The molecule has 0 aliphatic heterocycles. The number of hydrogen-bond donors (Lipinski definition) is 1. The Hall–Kier alpha value is -2.73. The zero-order valence-electron chi connectivity index (χ0n) is 13.0. The molecule has 0 heterocycles. The van der Waals surface area contributed by atoms with Crippen molar-refractivity contribution in [2.24, 2.45) is 0 Å². The fourth-order valence-electron chi connectivity index (χ4n) is 1.96. The second-order valence-corrected chi connectivity index (χ2v) is 5.18. The van der Waals surface area contributed by atoms with Crippen molar-refractivity contribution in [3.8, 4) is 0 Å². The summed E-state index contributed by atoms with van der Waals surface area (Å²) in [5, 5.41) is 13.5. The monoisotopic (exact) mass is 314 g/mol. The molecule has 6 heteroatoms. The number of anilines is 1. The van der Waals surface area contributed by atoms with Gasteiger partial charge in [0.2, 0.25) is 0 Å². The molecule has 6 nitrogen and oxygen atoms in total. The van der Waals surface area contributed by atoms with Gasteiger partial charge in [0.1, 0.15) is 6.10 Å². The van der Waals surface area contributed by atoms with Gasteiger partial charge < -0.3 is 10.1 Å². The number of aryl methyl sites for hydroxylation is 1. The number of carbonyl (C=O) groups is 1. The van der Waals surface area contributed by atoms with E-state index in [-0.39, 0.29) is 11.6 Å². The number of ether oxygens (including phenoxy) is 1. The van der Waals surface area contributed by atoms with Crippen LogP contribution in [-0.2, 0) is 16.1 Å². The summed E-state index contributed by atoms with van der Waals surface area (Å²) in [5.74, 6) is -0.343. The highest BCUT2D eigenvalue weighted by Gasteiger charge is 2.16. The predicted octanol–water partition coefficient (Wildman–Crippen LogP) is 3.45. The maximum absolute atomic E-state index is 12.2. The molecule has 0 bridgehead atoms. The van der Waals surface area contributed by atoms with Gasteiger partial charge in [-0.3, -0.25) is 14.9 Å². The topological polar surface area (TPSA) is 81.5 Å². The van der Waals surface area contributed by atoms with Crippen molar-refractivity contribution in [1.82, 2.24) is 0 Å². The second kappa shape index (κ2) is 7.51. The van der Waals surface area contributed by atoms with E-state index in [1.165, 1.54) is 12.1 Å². The summed E-state index contributed by atoms with van der Waals surface area (Å²) < 4.78 is 5.53. The number of amides is 1. The van der Waals surface area contributed by atoms with E-state index >= 15 is 0 Å². The van der Waals surface area contributed by atoms with Gasteiger partial charge in [-0.1, -0.05) is 36.4 Å². The van der Waals surface area contributed by atoms with Gasteiger partial charge in [0.25, 0.3) is 11.6 Å². The lowest BCUT2D eigenvalue weighted by Gasteiger charge is -2.14. The number of benzene rings is 2. The molecule has 23 heavy (non-hydrogen) atoms. The Morgan fingerprint density at radius 1 is 1.26 bits per heavy atom. The minimum Gasteiger partial charge on any atom is -0.364 e. The van der Waals surface area contributed by atoms with Gasteiger partial charge in [0.15, 0.2) is 0 Å². The van der Waals surface area contributed by atoms with Crippen LogP contribution in [0.3, 0.4) is 0 Å². The molecule has 1 amide bonds. The molecule has 0 aromatic heterocycles. The first-order valence-electron chi connectivity index (χ1n) is 7.19. The number of nitro groups is 1. The van der Waals surface area contributed by atoms with Crippen molar-refractivity contribution in [3.05, 3.63) is 69.8 Å². The molecule has 0 aliphatic rings. The number of nitro benzene ring substituents is 1. The fourth-order valence-corrected chi connectivity index (χ4v) is 1.96. The Bertz CT molecular complexity index is 701. The molecule has 0 aliphatic carbocycles. The average Bonchev–Trinajstić information content (AvgIpc) is 2.55. The molecule has 0 radical (unpaired) electrons. The second-order valence-electron chi connectivity index (χ2n) is 5.18. The van der Waals surface area contributed by atoms with Gasteiger partial charge in [-0.2, -0.15) is 0 Å². The average molecular weight is 314 g/mol. The van der Waals surface area contributed by atoms with E-state index in [0.717, 1.165) is 11.1 Å². The normalized spacial score (nSPS) is 11.7. The van der Waals surface area contributed by atoms with Crippen molar-refractivity contribution < 1.29 is 14.5 Å². The third-order valence-electron chi connectivity index (χ3n) is 3.40. The molecule has 0 spiro atoms. The quantitative estimate of drug-likeness (QED) is 0.654. The van der Waals surface area contributed by atoms with Crippen molar-refractivity contribution in [3.63, 3.8) is 0 Å². The summed E-state index contributed by atoms with van der Waals surface area (Å²) in [5.41, 5.74) is 2.07. The van der Waals surface area contributed by atoms with Crippen LogP contribution in [-0.4, -0.2) is 16.9 Å². The Labute approximate surface area is 134 Å². The van der Waals surface area contributed by atoms with Crippen LogP contribution in [0, 0.1) is 17.0 Å². The van der Waals surface area contributed by atoms with Crippen LogP contribution in [0.25, 0.3) is 0 Å². The van der Waals surface area contributed by atoms with Crippen molar-refractivity contribution in [2.45, 2.75) is 26.6 Å². The number of nitrogens with zero attached hydrogens (tertiary/aromatic N) is 1. The van der Waals surface area contributed by atoms with Crippen LogP contribution in [0.1, 0.15) is 18.1 Å². The molecule has 2 aromatic carbocycles. The molecule has 1 atom stereocenters. The highest BCUT2D eigenvalue weighted by Crippen LogP contribution is 2.22. The van der Waals surface area contributed by atoms with Crippen LogP contribution in [0.4, 0.5) is 11.4 Å². The van der Waals surface area contributed by atoms with Crippen LogP contribution in [0.5, 0.6) is 0 Å². The number of nitrogens with one attached hydrogen (secondary N) is 1. The third-order valence-corrected chi connectivity index (χ3v) is 3.40. The minimum absolute atomic E-state index is 0.0660. The van der Waals surface area contributed by atoms with E-state index in [0.29, 0.717) is 12.3 Å². The van der Waals surface area contributed by atoms with Crippen LogP contribution in [0.2, 0.25) is 0 Å². The molecule has 0 saturated heterocycles. The molecule has 2 rings (SSSR count). The number of hydrogen-bond acceptors (Lipinski definition) is 4. The van der Waals surface area contributed by atoms with E-state index in [1.54, 1.807) is 19.9 Å². The maximum Gasteiger partial charge on any atom is 0.271 e. The van der Waals surface area contributed by atoms with Crippen molar-refractivity contribution >= 4 is 17.3 Å². The molecular weight excluding hydrogens is 296 g/mol. The molecule has 1 unspecified atom stereocenters. The van der Waals surface area contributed by atoms with E-state index in [1.807, 2.05) is 30.3 Å². The van der Waals surface area contributed by atoms with E-state index < -0.39 is 11.0 Å². The molecule has 120 valence electrons. The zero-order valence-corrected chi connectivity index (χ0v) is 13.0. The smallest absolute Gasteiger partial charge is 0.271 e. The Kier molecular flexibility index (Phi) is 5.43. The lowest BCUT2D eigenvalue weighted by Crippen LogP contribution is -2.28. The molecule has 2 aromatic rings. The number of rotatable bonds is 6. The van der Waals surface area contributed by atoms with Gasteiger partial charge in [-0.25, -0.2) is 0 Å². The van der Waals surface area contributed by atoms with Crippen molar-refractivity contribution in [1.29, 1.82) is 0 Å². The van der Waals surface area contributed by atoms with Gasteiger partial charge >= 0.3 is 0 Å². The van der Waals surface area contributed by atoms with Crippen LogP contribution >= 0.6 is 0 Å². The Balaban J connectivity index is 1.98. The highest BCUT2D eigenvalue weighted by atomic mass is 16.6. The molecule has 0 fully saturated rings. The summed E-state index contributed by atoms with van der Waals surface area (Å²) in [6, 6.07) is 13.9. The van der Waals surface area contributed by atoms with Gasteiger partial charge in [0.05, 0.1) is 17.2 Å². The number of non-ortho nitro benzene ring substituents is 1. The van der Waals surface area contributed by atoms with Gasteiger partial charge in [-0.05, 0) is 25.0 Å². The highest BCUT2D eigenvalue weighted by molar-refractivity contribution is 5.94. The molecule has 1 N–H and O–H groups in total. The lowest BCUT2D eigenvalue weighted by atomic mass is 10.1. The summed E-state index contributed by atoms with van der Waals surface area (Å²) in [6.45, 7) is 3.74. The first kappa shape index (κ1) is 16.6. The van der Waals surface area contributed by atoms with Gasteiger partial charge in [0, 0.05) is 12.1 Å². The fraction of sp³-hybridized carbons (Fsp3) is 0.235. The zero-order chi connectivity index (χ0) is 16.8. The summed E-state index contributed by atoms with van der Waals surface area (Å²) in [6.07, 6.45) is -0.672. The van der Waals surface area contributed by atoms with E-state index in [4.69, 9.17) is 4.74 Å².